The number of likely N-dealkylation sites (N-methyl/N-ethyl adjacent to an activating group) is 1. The summed E-state index contributed by atoms with van der Waals surface area (Å²) in [6.45, 7) is 12.8. The Kier molecular flexibility index (Phi) is 5.11. The number of hydrogen-bond donors (Lipinski definition) is 1. The third-order valence-corrected chi connectivity index (χ3v) is 3.07. The smallest absolute Gasteiger partial charge is 0.271 e. The van der Waals surface area contributed by atoms with Crippen LogP contribution in [0, 0.1) is 6.92 Å². The van der Waals surface area contributed by atoms with Crippen molar-refractivity contribution in [3.05, 3.63) is 17.5 Å². The van der Waals surface area contributed by atoms with E-state index >= 15 is 0 Å². The Bertz CT molecular complexity index is 431. The molecule has 0 unspecified atom stereocenters. The number of nitrogens with one attached hydrogen (secondary N) is 1. The molecule has 0 saturated heterocycles. The predicted octanol–water partition coefficient (Wildman–Crippen LogP) is 1.63. The highest BCUT2D eigenvalue weighted by atomic mass is 16.1. The molecule has 1 aromatic heterocycles. The fraction of sp³-hybridized carbons (Fsp3) is 0.714. The molecule has 5 heteroatoms. The minimum atomic E-state index is -0.106. The summed E-state index contributed by atoms with van der Waals surface area (Å²) < 4.78 is 1.89. The highest BCUT2D eigenvalue weighted by Crippen LogP contribution is 2.16. The van der Waals surface area contributed by atoms with Crippen LogP contribution in [0.3, 0.4) is 0 Å². The first-order valence-electron chi connectivity index (χ1n) is 6.79. The normalized spacial score (nSPS) is 11.9. The maximum absolute atomic E-state index is 12.0. The van der Waals surface area contributed by atoms with E-state index in [0.29, 0.717) is 12.2 Å². The standard InChI is InChI=1S/C14H26N4O/c1-7-17(6)9-8-15-13(19)12-10-11(2)18(16-12)14(3,4)5/h10H,7-9H2,1-6H3,(H,15,19). The second-order valence-electron chi connectivity index (χ2n) is 5.91. The molecule has 0 aromatic carbocycles. The SMILES string of the molecule is CCN(C)CCNC(=O)c1cc(C)n(C(C)(C)C)n1. The van der Waals surface area contributed by atoms with Crippen LogP contribution in [0.15, 0.2) is 6.07 Å². The maximum atomic E-state index is 12.0. The lowest BCUT2D eigenvalue weighted by Gasteiger charge is -2.21. The van der Waals surface area contributed by atoms with Gasteiger partial charge in [0.15, 0.2) is 0 Å². The van der Waals surface area contributed by atoms with Crippen LogP contribution in [0.4, 0.5) is 0 Å². The average molecular weight is 266 g/mol. The molecule has 0 saturated carbocycles. The van der Waals surface area contributed by atoms with Gasteiger partial charge >= 0.3 is 0 Å². The molecule has 108 valence electrons. The van der Waals surface area contributed by atoms with Gasteiger partial charge in [0, 0.05) is 18.8 Å². The summed E-state index contributed by atoms with van der Waals surface area (Å²) in [5, 5.41) is 7.29. The topological polar surface area (TPSA) is 50.2 Å². The lowest BCUT2D eigenvalue weighted by atomic mass is 10.1. The Balaban J connectivity index is 2.64. The third kappa shape index (κ3) is 4.35. The first-order chi connectivity index (χ1) is 8.75. The van der Waals surface area contributed by atoms with Gasteiger partial charge in [0.25, 0.3) is 5.91 Å². The van der Waals surface area contributed by atoms with Crippen LogP contribution in [-0.2, 0) is 5.54 Å². The second kappa shape index (κ2) is 6.19. The minimum absolute atomic E-state index is 0.101. The van der Waals surface area contributed by atoms with E-state index in [1.165, 1.54) is 0 Å². The number of nitrogens with zero attached hydrogens (tertiary/aromatic N) is 3. The van der Waals surface area contributed by atoms with E-state index < -0.39 is 0 Å². The van der Waals surface area contributed by atoms with E-state index in [1.54, 1.807) is 0 Å². The van der Waals surface area contributed by atoms with Crippen molar-refractivity contribution in [2.75, 3.05) is 26.7 Å². The zero-order valence-corrected chi connectivity index (χ0v) is 12.9. The number of rotatable bonds is 5. The summed E-state index contributed by atoms with van der Waals surface area (Å²) in [4.78, 5) is 14.2. The number of hydrogen-bond acceptors (Lipinski definition) is 3. The molecule has 1 amide bonds. The summed E-state index contributed by atoms with van der Waals surface area (Å²) in [6, 6.07) is 1.84. The van der Waals surface area contributed by atoms with Crippen molar-refractivity contribution in [1.82, 2.24) is 20.0 Å². The predicted molar refractivity (Wildman–Crippen MR) is 77.5 cm³/mol. The zero-order chi connectivity index (χ0) is 14.6. The van der Waals surface area contributed by atoms with Gasteiger partial charge in [-0.05, 0) is 47.4 Å². The van der Waals surface area contributed by atoms with Crippen molar-refractivity contribution >= 4 is 5.91 Å². The molecule has 0 spiro atoms. The largest absolute Gasteiger partial charge is 0.349 e. The Morgan fingerprint density at radius 1 is 1.47 bits per heavy atom. The first kappa shape index (κ1) is 15.7. The molecule has 19 heavy (non-hydrogen) atoms. The molecule has 0 bridgehead atoms. The Morgan fingerprint density at radius 2 is 2.11 bits per heavy atom. The van der Waals surface area contributed by atoms with Crippen LogP contribution in [-0.4, -0.2) is 47.3 Å². The molecule has 0 fully saturated rings. The van der Waals surface area contributed by atoms with E-state index in [1.807, 2.05) is 24.7 Å². The van der Waals surface area contributed by atoms with Crippen LogP contribution in [0.2, 0.25) is 0 Å². The molecule has 1 rings (SSSR count). The van der Waals surface area contributed by atoms with Crippen molar-refractivity contribution in [3.8, 4) is 0 Å². The van der Waals surface area contributed by atoms with Crippen molar-refractivity contribution < 1.29 is 4.79 Å². The lowest BCUT2D eigenvalue weighted by Crippen LogP contribution is -2.33. The van der Waals surface area contributed by atoms with Crippen molar-refractivity contribution in [3.63, 3.8) is 0 Å². The molecule has 0 aliphatic rings. The van der Waals surface area contributed by atoms with E-state index in [9.17, 15) is 4.79 Å². The van der Waals surface area contributed by atoms with Crippen LogP contribution < -0.4 is 5.32 Å². The van der Waals surface area contributed by atoms with E-state index in [2.05, 4.69) is 43.0 Å². The Morgan fingerprint density at radius 3 is 2.58 bits per heavy atom. The number of aryl methyl sites for hydroxylation is 1. The van der Waals surface area contributed by atoms with Gasteiger partial charge in [0.05, 0.1) is 5.54 Å². The van der Waals surface area contributed by atoms with Crippen LogP contribution in [0.25, 0.3) is 0 Å². The average Bonchev–Trinajstić information content (AvgIpc) is 2.70. The summed E-state index contributed by atoms with van der Waals surface area (Å²) in [5.41, 5.74) is 1.39. The Labute approximate surface area is 116 Å². The molecule has 1 heterocycles. The van der Waals surface area contributed by atoms with Crippen LogP contribution in [0.5, 0.6) is 0 Å². The molecule has 0 radical (unpaired) electrons. The second-order valence-corrected chi connectivity index (χ2v) is 5.91. The number of amides is 1. The maximum Gasteiger partial charge on any atom is 0.271 e. The van der Waals surface area contributed by atoms with Gasteiger partial charge in [-0.15, -0.1) is 0 Å². The molecule has 0 aliphatic heterocycles. The molecule has 0 atom stereocenters. The molecule has 1 N–H and O–H groups in total. The summed E-state index contributed by atoms with van der Waals surface area (Å²) in [7, 11) is 2.03. The molecule has 1 aromatic rings. The minimum Gasteiger partial charge on any atom is -0.349 e. The number of carbonyl (C=O) groups excluding carboxylic acids is 1. The van der Waals surface area contributed by atoms with Crippen molar-refractivity contribution in [1.29, 1.82) is 0 Å². The Hall–Kier alpha value is -1.36. The zero-order valence-electron chi connectivity index (χ0n) is 12.9. The van der Waals surface area contributed by atoms with Crippen LogP contribution in [0.1, 0.15) is 43.9 Å². The van der Waals surface area contributed by atoms with E-state index in [-0.39, 0.29) is 11.4 Å². The highest BCUT2D eigenvalue weighted by molar-refractivity contribution is 5.92. The van der Waals surface area contributed by atoms with Gasteiger partial charge in [-0.1, -0.05) is 6.92 Å². The van der Waals surface area contributed by atoms with Crippen molar-refractivity contribution in [2.24, 2.45) is 0 Å². The lowest BCUT2D eigenvalue weighted by molar-refractivity contribution is 0.0943. The van der Waals surface area contributed by atoms with Gasteiger partial charge in [-0.25, -0.2) is 0 Å². The fourth-order valence-corrected chi connectivity index (χ4v) is 1.87. The third-order valence-electron chi connectivity index (χ3n) is 3.07. The number of aromatic nitrogens is 2. The van der Waals surface area contributed by atoms with Gasteiger partial charge in [0.2, 0.25) is 0 Å². The molecule has 5 nitrogen and oxygen atoms in total. The quantitative estimate of drug-likeness (QED) is 0.881. The van der Waals surface area contributed by atoms with E-state index in [4.69, 9.17) is 0 Å². The van der Waals surface area contributed by atoms with Gasteiger partial charge in [-0.3, -0.25) is 9.48 Å². The highest BCUT2D eigenvalue weighted by Gasteiger charge is 2.19. The summed E-state index contributed by atoms with van der Waals surface area (Å²) >= 11 is 0. The monoisotopic (exact) mass is 266 g/mol. The van der Waals surface area contributed by atoms with Gasteiger partial charge in [0.1, 0.15) is 5.69 Å². The van der Waals surface area contributed by atoms with Gasteiger partial charge < -0.3 is 10.2 Å². The number of carbonyl (C=O) groups is 1. The fourth-order valence-electron chi connectivity index (χ4n) is 1.87. The van der Waals surface area contributed by atoms with Crippen LogP contribution >= 0.6 is 0 Å². The molecular formula is C14H26N4O. The molecular weight excluding hydrogens is 240 g/mol. The summed E-state index contributed by atoms with van der Waals surface area (Å²) in [6.07, 6.45) is 0. The first-order valence-corrected chi connectivity index (χ1v) is 6.79. The van der Waals surface area contributed by atoms with Gasteiger partial charge in [-0.2, -0.15) is 5.10 Å². The van der Waals surface area contributed by atoms with Crippen molar-refractivity contribution in [2.45, 2.75) is 40.2 Å². The summed E-state index contributed by atoms with van der Waals surface area (Å²) in [5.74, 6) is -0.101. The molecule has 0 aliphatic carbocycles. The van der Waals surface area contributed by atoms with E-state index in [0.717, 1.165) is 18.8 Å².